The Bertz CT molecular complexity index is 443. The minimum absolute atomic E-state index is 0.229. The maximum Gasteiger partial charge on any atom is 0.125 e. The van der Waals surface area contributed by atoms with Crippen molar-refractivity contribution in [3.63, 3.8) is 0 Å². The van der Waals surface area contributed by atoms with Crippen LogP contribution < -0.4 is 5.73 Å². The molecule has 0 saturated carbocycles. The third-order valence-corrected chi connectivity index (χ3v) is 4.85. The van der Waals surface area contributed by atoms with Crippen LogP contribution in [0.15, 0.2) is 18.2 Å². The van der Waals surface area contributed by atoms with Gasteiger partial charge in [-0.15, -0.1) is 0 Å². The Morgan fingerprint density at radius 2 is 1.71 bits per heavy atom. The van der Waals surface area contributed by atoms with Crippen LogP contribution in [0.2, 0.25) is 0 Å². The molecule has 4 heteroatoms. The van der Waals surface area contributed by atoms with Crippen LogP contribution in [0.3, 0.4) is 0 Å². The zero-order chi connectivity index (χ0) is 14.7. The monoisotopic (exact) mass is 291 g/mol. The van der Waals surface area contributed by atoms with Crippen molar-refractivity contribution in [1.29, 1.82) is 0 Å². The van der Waals surface area contributed by atoms with Gasteiger partial charge in [-0.2, -0.15) is 0 Å². The lowest BCUT2D eigenvalue weighted by atomic mass is 9.99. The summed E-state index contributed by atoms with van der Waals surface area (Å²) in [6.45, 7) is 5.60. The third kappa shape index (κ3) is 3.95. The van der Waals surface area contributed by atoms with Crippen LogP contribution in [0.5, 0.6) is 0 Å². The highest BCUT2D eigenvalue weighted by atomic mass is 19.1. The van der Waals surface area contributed by atoms with Crippen LogP contribution in [0.25, 0.3) is 0 Å². The summed E-state index contributed by atoms with van der Waals surface area (Å²) < 4.78 is 13.4. The summed E-state index contributed by atoms with van der Waals surface area (Å²) in [5.41, 5.74) is 7.23. The Morgan fingerprint density at radius 1 is 1.00 bits per heavy atom. The van der Waals surface area contributed by atoms with Gasteiger partial charge in [-0.3, -0.25) is 4.90 Å². The second-order valence-electron chi connectivity index (χ2n) is 6.50. The Kier molecular flexibility index (Phi) is 4.76. The number of halogens is 1. The second kappa shape index (κ2) is 6.75. The number of benzene rings is 1. The summed E-state index contributed by atoms with van der Waals surface area (Å²) >= 11 is 0. The van der Waals surface area contributed by atoms with Gasteiger partial charge in [0.05, 0.1) is 0 Å². The van der Waals surface area contributed by atoms with Gasteiger partial charge in [0.1, 0.15) is 5.82 Å². The molecule has 0 atom stereocenters. The van der Waals surface area contributed by atoms with E-state index in [4.69, 9.17) is 5.73 Å². The van der Waals surface area contributed by atoms with Gasteiger partial charge in [-0.05, 0) is 75.6 Å². The normalized spacial score (nSPS) is 22.5. The highest BCUT2D eigenvalue weighted by Crippen LogP contribution is 2.22. The summed E-state index contributed by atoms with van der Waals surface area (Å²) in [4.78, 5) is 5.11. The van der Waals surface area contributed by atoms with E-state index in [1.807, 2.05) is 6.07 Å². The van der Waals surface area contributed by atoms with Crippen molar-refractivity contribution in [1.82, 2.24) is 9.80 Å². The smallest absolute Gasteiger partial charge is 0.125 e. The van der Waals surface area contributed by atoms with Gasteiger partial charge in [0, 0.05) is 18.3 Å². The maximum absolute atomic E-state index is 13.4. The van der Waals surface area contributed by atoms with Crippen molar-refractivity contribution in [2.75, 3.05) is 31.9 Å². The number of hydrogen-bond acceptors (Lipinski definition) is 3. The van der Waals surface area contributed by atoms with E-state index in [9.17, 15) is 4.39 Å². The molecule has 3 rings (SSSR count). The molecule has 1 aromatic carbocycles. The standard InChI is InChI=1S/C17H26FN3/c18-15-10-14(11-16(19)12-15)13-20-8-4-17(5-9-20)21-6-2-1-3-7-21/h10-12,17H,1-9,13,19H2. The molecule has 0 radical (unpaired) electrons. The van der Waals surface area contributed by atoms with E-state index >= 15 is 0 Å². The topological polar surface area (TPSA) is 32.5 Å². The van der Waals surface area contributed by atoms with Gasteiger partial charge in [0.15, 0.2) is 0 Å². The van der Waals surface area contributed by atoms with E-state index in [0.717, 1.165) is 31.2 Å². The molecule has 0 unspecified atom stereocenters. The first-order valence-corrected chi connectivity index (χ1v) is 8.22. The van der Waals surface area contributed by atoms with Crippen molar-refractivity contribution < 1.29 is 4.39 Å². The number of likely N-dealkylation sites (tertiary alicyclic amines) is 2. The average molecular weight is 291 g/mol. The SMILES string of the molecule is Nc1cc(F)cc(CN2CCC(N3CCCCC3)CC2)c1. The van der Waals surface area contributed by atoms with E-state index in [1.54, 1.807) is 6.07 Å². The molecule has 2 N–H and O–H groups in total. The predicted molar refractivity (Wildman–Crippen MR) is 84.5 cm³/mol. The van der Waals surface area contributed by atoms with Crippen molar-refractivity contribution in [2.24, 2.45) is 0 Å². The van der Waals surface area contributed by atoms with E-state index in [-0.39, 0.29) is 5.82 Å². The van der Waals surface area contributed by atoms with E-state index in [1.165, 1.54) is 51.3 Å². The fourth-order valence-electron chi connectivity index (χ4n) is 3.75. The third-order valence-electron chi connectivity index (χ3n) is 4.85. The minimum Gasteiger partial charge on any atom is -0.399 e. The van der Waals surface area contributed by atoms with Gasteiger partial charge >= 0.3 is 0 Å². The summed E-state index contributed by atoms with van der Waals surface area (Å²) in [6, 6.07) is 5.64. The number of nitrogens with zero attached hydrogens (tertiary/aromatic N) is 2. The van der Waals surface area contributed by atoms with Gasteiger partial charge in [-0.25, -0.2) is 4.39 Å². The molecule has 2 saturated heterocycles. The van der Waals surface area contributed by atoms with Crippen LogP contribution in [0, 0.1) is 5.82 Å². The molecule has 116 valence electrons. The molecule has 0 spiro atoms. The summed E-state index contributed by atoms with van der Waals surface area (Å²) in [7, 11) is 0. The Labute approximate surface area is 126 Å². The fraction of sp³-hybridized carbons (Fsp3) is 0.647. The van der Waals surface area contributed by atoms with Crippen LogP contribution in [-0.4, -0.2) is 42.0 Å². The largest absolute Gasteiger partial charge is 0.399 e. The number of hydrogen-bond donors (Lipinski definition) is 1. The first-order chi connectivity index (χ1) is 10.2. The summed E-state index contributed by atoms with van der Waals surface area (Å²) in [6.07, 6.45) is 6.61. The molecule has 2 aliphatic heterocycles. The quantitative estimate of drug-likeness (QED) is 0.869. The average Bonchev–Trinajstić information content (AvgIpc) is 2.48. The Morgan fingerprint density at radius 3 is 2.38 bits per heavy atom. The van der Waals surface area contributed by atoms with Crippen LogP contribution in [0.4, 0.5) is 10.1 Å². The van der Waals surface area contributed by atoms with Gasteiger partial charge in [0.25, 0.3) is 0 Å². The molecular formula is C17H26FN3. The number of nitrogens with two attached hydrogens (primary N) is 1. The number of piperidine rings is 2. The van der Waals surface area contributed by atoms with Crippen molar-refractivity contribution in [2.45, 2.75) is 44.7 Å². The molecular weight excluding hydrogens is 265 g/mol. The predicted octanol–water partition coefficient (Wildman–Crippen LogP) is 2.86. The van der Waals surface area contributed by atoms with Crippen molar-refractivity contribution in [3.8, 4) is 0 Å². The Hall–Kier alpha value is -1.13. The van der Waals surface area contributed by atoms with Crippen LogP contribution in [0.1, 0.15) is 37.7 Å². The van der Waals surface area contributed by atoms with E-state index in [0.29, 0.717) is 5.69 Å². The summed E-state index contributed by atoms with van der Waals surface area (Å²) in [5.74, 6) is -0.229. The minimum atomic E-state index is -0.229. The maximum atomic E-state index is 13.4. The highest BCUT2D eigenvalue weighted by Gasteiger charge is 2.25. The lowest BCUT2D eigenvalue weighted by Gasteiger charge is -2.40. The zero-order valence-electron chi connectivity index (χ0n) is 12.7. The lowest BCUT2D eigenvalue weighted by Crippen LogP contribution is -2.46. The molecule has 0 bridgehead atoms. The Balaban J connectivity index is 1.51. The van der Waals surface area contributed by atoms with Crippen LogP contribution in [-0.2, 0) is 6.54 Å². The van der Waals surface area contributed by atoms with Crippen molar-refractivity contribution >= 4 is 5.69 Å². The van der Waals surface area contributed by atoms with Crippen molar-refractivity contribution in [3.05, 3.63) is 29.6 Å². The van der Waals surface area contributed by atoms with E-state index in [2.05, 4.69) is 9.80 Å². The number of anilines is 1. The first kappa shape index (κ1) is 14.8. The molecule has 0 amide bonds. The van der Waals surface area contributed by atoms with Crippen LogP contribution >= 0.6 is 0 Å². The molecule has 0 aliphatic carbocycles. The highest BCUT2D eigenvalue weighted by molar-refractivity contribution is 5.41. The number of nitrogen functional groups attached to an aromatic ring is 1. The summed E-state index contributed by atoms with van der Waals surface area (Å²) in [5, 5.41) is 0. The zero-order valence-corrected chi connectivity index (χ0v) is 12.7. The molecule has 0 aromatic heterocycles. The lowest BCUT2D eigenvalue weighted by molar-refractivity contribution is 0.0896. The molecule has 3 nitrogen and oxygen atoms in total. The van der Waals surface area contributed by atoms with Gasteiger partial charge in [-0.1, -0.05) is 6.42 Å². The molecule has 2 aliphatic rings. The van der Waals surface area contributed by atoms with Gasteiger partial charge < -0.3 is 10.6 Å². The second-order valence-corrected chi connectivity index (χ2v) is 6.50. The number of rotatable bonds is 3. The van der Waals surface area contributed by atoms with Gasteiger partial charge in [0.2, 0.25) is 0 Å². The molecule has 21 heavy (non-hydrogen) atoms. The molecule has 2 fully saturated rings. The van der Waals surface area contributed by atoms with E-state index < -0.39 is 0 Å². The first-order valence-electron chi connectivity index (χ1n) is 8.22. The fourth-order valence-corrected chi connectivity index (χ4v) is 3.75. The molecule has 2 heterocycles. The molecule has 1 aromatic rings.